The summed E-state index contributed by atoms with van der Waals surface area (Å²) in [5.74, 6) is 1.63. The second-order valence-electron chi connectivity index (χ2n) is 6.89. The lowest BCUT2D eigenvalue weighted by Crippen LogP contribution is -2.54. The molecule has 3 rings (SSSR count). The molecule has 0 heterocycles. The molecule has 2 saturated carbocycles. The molecule has 2 aliphatic carbocycles. The van der Waals surface area contributed by atoms with Crippen LogP contribution in [0.4, 0.5) is 10.5 Å². The molecule has 2 N–H and O–H groups in total. The molecule has 1 aromatic rings. The molecule has 0 spiro atoms. The number of carbonyl (C=O) groups is 1. The molecule has 2 bridgehead atoms. The van der Waals surface area contributed by atoms with E-state index in [9.17, 15) is 4.79 Å². The lowest BCUT2D eigenvalue weighted by Gasteiger charge is -2.47. The Kier molecular flexibility index (Phi) is 4.18. The van der Waals surface area contributed by atoms with Gasteiger partial charge in [0.1, 0.15) is 0 Å². The van der Waals surface area contributed by atoms with Crippen LogP contribution in [0.1, 0.15) is 51.9 Å². The summed E-state index contributed by atoms with van der Waals surface area (Å²) in [5.41, 5.74) is 0.865. The highest BCUT2D eigenvalue weighted by Crippen LogP contribution is 2.45. The highest BCUT2D eigenvalue weighted by atomic mass is 16.2. The standard InChI is InChI=1S/C18H26N2O/c1-2-18(12-14-7-6-8-15(11-14)13-18)20-17(21)19-16-9-4-3-5-10-16/h3-5,9-10,14-15H,2,6-8,11-13H2,1H3,(H2,19,20,21). The summed E-state index contributed by atoms with van der Waals surface area (Å²) >= 11 is 0. The predicted octanol–water partition coefficient (Wildman–Crippen LogP) is 4.56. The third-order valence-electron chi connectivity index (χ3n) is 5.34. The Balaban J connectivity index is 1.65. The summed E-state index contributed by atoms with van der Waals surface area (Å²) in [6.07, 6.45) is 8.79. The SMILES string of the molecule is CCC1(NC(=O)Nc2ccccc2)CC2CCCC(C2)C1. The van der Waals surface area contributed by atoms with Crippen LogP contribution in [0.25, 0.3) is 0 Å². The Morgan fingerprint density at radius 2 is 1.86 bits per heavy atom. The number of nitrogens with one attached hydrogen (secondary N) is 2. The van der Waals surface area contributed by atoms with Crippen molar-refractivity contribution in [3.05, 3.63) is 30.3 Å². The number of anilines is 1. The molecule has 2 fully saturated rings. The van der Waals surface area contributed by atoms with Crippen molar-refractivity contribution in [3.63, 3.8) is 0 Å². The molecule has 2 atom stereocenters. The van der Waals surface area contributed by atoms with Crippen molar-refractivity contribution < 1.29 is 4.79 Å². The Bertz CT molecular complexity index is 473. The van der Waals surface area contributed by atoms with E-state index in [1.165, 1.54) is 25.7 Å². The second-order valence-corrected chi connectivity index (χ2v) is 6.89. The number of amides is 2. The fourth-order valence-electron chi connectivity index (χ4n) is 4.37. The average Bonchev–Trinajstić information content (AvgIpc) is 2.47. The van der Waals surface area contributed by atoms with Crippen molar-refractivity contribution in [2.24, 2.45) is 11.8 Å². The fourth-order valence-corrected chi connectivity index (χ4v) is 4.37. The van der Waals surface area contributed by atoms with Crippen LogP contribution in [0.3, 0.4) is 0 Å². The van der Waals surface area contributed by atoms with Gasteiger partial charge in [0, 0.05) is 11.2 Å². The van der Waals surface area contributed by atoms with E-state index in [0.29, 0.717) is 0 Å². The first-order valence-electron chi connectivity index (χ1n) is 8.33. The smallest absolute Gasteiger partial charge is 0.319 e. The highest BCUT2D eigenvalue weighted by molar-refractivity contribution is 5.89. The van der Waals surface area contributed by atoms with Gasteiger partial charge in [-0.2, -0.15) is 0 Å². The molecule has 0 radical (unpaired) electrons. The van der Waals surface area contributed by atoms with Crippen LogP contribution in [-0.2, 0) is 0 Å². The van der Waals surface area contributed by atoms with E-state index >= 15 is 0 Å². The summed E-state index contributed by atoms with van der Waals surface area (Å²) in [6, 6.07) is 9.63. The van der Waals surface area contributed by atoms with Gasteiger partial charge in [-0.3, -0.25) is 0 Å². The van der Waals surface area contributed by atoms with E-state index in [1.807, 2.05) is 30.3 Å². The number of para-hydroxylation sites is 1. The van der Waals surface area contributed by atoms with Gasteiger partial charge in [-0.1, -0.05) is 44.4 Å². The monoisotopic (exact) mass is 286 g/mol. The zero-order valence-corrected chi connectivity index (χ0v) is 12.9. The van der Waals surface area contributed by atoms with Crippen molar-refractivity contribution in [3.8, 4) is 0 Å². The molecule has 3 heteroatoms. The Hall–Kier alpha value is -1.51. The number of rotatable bonds is 3. The molecule has 2 unspecified atom stereocenters. The van der Waals surface area contributed by atoms with E-state index in [1.54, 1.807) is 0 Å². The van der Waals surface area contributed by atoms with Gasteiger partial charge >= 0.3 is 6.03 Å². The molecular weight excluding hydrogens is 260 g/mol. The van der Waals surface area contributed by atoms with E-state index in [0.717, 1.165) is 36.8 Å². The number of benzene rings is 1. The predicted molar refractivity (Wildman–Crippen MR) is 86.3 cm³/mol. The van der Waals surface area contributed by atoms with Crippen LogP contribution in [0, 0.1) is 11.8 Å². The van der Waals surface area contributed by atoms with Gasteiger partial charge in [0.2, 0.25) is 0 Å². The molecule has 2 amide bonds. The quantitative estimate of drug-likeness (QED) is 0.840. The van der Waals surface area contributed by atoms with E-state index in [-0.39, 0.29) is 11.6 Å². The van der Waals surface area contributed by atoms with Gasteiger partial charge in [-0.25, -0.2) is 4.79 Å². The van der Waals surface area contributed by atoms with Gasteiger partial charge in [0.15, 0.2) is 0 Å². The Labute approximate surface area is 127 Å². The topological polar surface area (TPSA) is 41.1 Å². The van der Waals surface area contributed by atoms with Crippen LogP contribution in [0.5, 0.6) is 0 Å². The van der Waals surface area contributed by atoms with Crippen molar-refractivity contribution in [1.82, 2.24) is 5.32 Å². The molecule has 2 aliphatic rings. The molecule has 0 saturated heterocycles. The zero-order chi connectivity index (χ0) is 14.7. The minimum Gasteiger partial charge on any atom is -0.332 e. The minimum absolute atomic E-state index is 0.00681. The second kappa shape index (κ2) is 6.08. The summed E-state index contributed by atoms with van der Waals surface area (Å²) in [5, 5.41) is 6.27. The van der Waals surface area contributed by atoms with Gasteiger partial charge in [0.25, 0.3) is 0 Å². The number of hydrogen-bond donors (Lipinski definition) is 2. The lowest BCUT2D eigenvalue weighted by molar-refractivity contribution is 0.0920. The average molecular weight is 286 g/mol. The molecule has 114 valence electrons. The van der Waals surface area contributed by atoms with Gasteiger partial charge < -0.3 is 10.6 Å². The van der Waals surface area contributed by atoms with E-state index in [4.69, 9.17) is 0 Å². The Morgan fingerprint density at radius 3 is 2.48 bits per heavy atom. The first-order chi connectivity index (χ1) is 10.2. The van der Waals surface area contributed by atoms with Gasteiger partial charge in [0.05, 0.1) is 0 Å². The molecule has 0 aromatic heterocycles. The summed E-state index contributed by atoms with van der Waals surface area (Å²) in [4.78, 5) is 12.3. The van der Waals surface area contributed by atoms with Crippen LogP contribution in [0.2, 0.25) is 0 Å². The molecule has 21 heavy (non-hydrogen) atoms. The molecular formula is C18H26N2O. The van der Waals surface area contributed by atoms with E-state index < -0.39 is 0 Å². The first kappa shape index (κ1) is 14.4. The van der Waals surface area contributed by atoms with Crippen molar-refractivity contribution in [2.45, 2.75) is 57.4 Å². The largest absolute Gasteiger partial charge is 0.332 e. The maximum atomic E-state index is 12.3. The summed E-state index contributed by atoms with van der Waals surface area (Å²) < 4.78 is 0. The van der Waals surface area contributed by atoms with Crippen LogP contribution in [0.15, 0.2) is 30.3 Å². The lowest BCUT2D eigenvalue weighted by atomic mass is 9.64. The maximum Gasteiger partial charge on any atom is 0.319 e. The summed E-state index contributed by atoms with van der Waals surface area (Å²) in [7, 11) is 0. The van der Waals surface area contributed by atoms with Crippen LogP contribution < -0.4 is 10.6 Å². The van der Waals surface area contributed by atoms with Crippen molar-refractivity contribution in [2.75, 3.05) is 5.32 Å². The zero-order valence-electron chi connectivity index (χ0n) is 12.9. The number of fused-ring (bicyclic) bond motifs is 2. The maximum absolute atomic E-state index is 12.3. The van der Waals surface area contributed by atoms with Crippen LogP contribution in [-0.4, -0.2) is 11.6 Å². The number of hydrogen-bond acceptors (Lipinski definition) is 1. The summed E-state index contributed by atoms with van der Waals surface area (Å²) in [6.45, 7) is 2.21. The highest BCUT2D eigenvalue weighted by Gasteiger charge is 2.41. The van der Waals surface area contributed by atoms with Gasteiger partial charge in [-0.15, -0.1) is 0 Å². The third kappa shape index (κ3) is 3.39. The van der Waals surface area contributed by atoms with Gasteiger partial charge in [-0.05, 0) is 49.7 Å². The minimum atomic E-state index is -0.0528. The fraction of sp³-hybridized carbons (Fsp3) is 0.611. The third-order valence-corrected chi connectivity index (χ3v) is 5.34. The molecule has 3 nitrogen and oxygen atoms in total. The van der Waals surface area contributed by atoms with Crippen molar-refractivity contribution >= 4 is 11.7 Å². The Morgan fingerprint density at radius 1 is 1.19 bits per heavy atom. The number of urea groups is 1. The molecule has 1 aromatic carbocycles. The molecule has 0 aliphatic heterocycles. The normalized spacial score (nSPS) is 31.5. The van der Waals surface area contributed by atoms with Crippen molar-refractivity contribution in [1.29, 1.82) is 0 Å². The first-order valence-corrected chi connectivity index (χ1v) is 8.33. The van der Waals surface area contributed by atoms with Crippen LogP contribution >= 0.6 is 0 Å². The number of carbonyl (C=O) groups excluding carboxylic acids is 1. The van der Waals surface area contributed by atoms with E-state index in [2.05, 4.69) is 17.6 Å².